The molecular weight excluding hydrogens is 202 g/mol. The summed E-state index contributed by atoms with van der Waals surface area (Å²) in [5.74, 6) is 0.154. The van der Waals surface area contributed by atoms with Crippen LogP contribution in [0.15, 0.2) is 24.3 Å². The van der Waals surface area contributed by atoms with Crippen molar-refractivity contribution in [3.05, 3.63) is 29.8 Å². The third-order valence-corrected chi connectivity index (χ3v) is 3.07. The first-order chi connectivity index (χ1) is 7.75. The molecule has 3 nitrogen and oxygen atoms in total. The van der Waals surface area contributed by atoms with Gasteiger partial charge in [-0.05, 0) is 37.1 Å². The molecule has 86 valence electrons. The number of phenols is 1. The number of carbonyl (C=O) groups excluding carboxylic acids is 1. The van der Waals surface area contributed by atoms with Crippen molar-refractivity contribution < 1.29 is 9.90 Å². The fraction of sp³-hybridized carbons (Fsp3) is 0.462. The molecule has 3 heteroatoms. The molecule has 1 amide bonds. The summed E-state index contributed by atoms with van der Waals surface area (Å²) in [6.45, 7) is 0. The third kappa shape index (κ3) is 2.75. The molecule has 2 rings (SSSR count). The Hall–Kier alpha value is -1.51. The molecule has 0 heterocycles. The van der Waals surface area contributed by atoms with E-state index in [9.17, 15) is 4.79 Å². The molecule has 0 bridgehead atoms. The Bertz CT molecular complexity index is 353. The van der Waals surface area contributed by atoms with Gasteiger partial charge in [0.25, 0.3) is 5.91 Å². The molecule has 0 radical (unpaired) electrons. The summed E-state index contributed by atoms with van der Waals surface area (Å²) in [6, 6.07) is 6.70. The van der Waals surface area contributed by atoms with Crippen molar-refractivity contribution in [2.45, 2.75) is 38.1 Å². The van der Waals surface area contributed by atoms with Gasteiger partial charge in [-0.25, -0.2) is 0 Å². The van der Waals surface area contributed by atoms with Crippen LogP contribution >= 0.6 is 0 Å². The standard InChI is InChI=1S/C13H17NO2/c15-12-8-6-10(7-9-12)13(16)14-11-4-2-1-3-5-11/h6-9,11,15H,1-5H2,(H,14,16). The van der Waals surface area contributed by atoms with Crippen LogP contribution in [0.2, 0.25) is 0 Å². The van der Waals surface area contributed by atoms with E-state index in [1.165, 1.54) is 31.4 Å². The average Bonchev–Trinajstić information content (AvgIpc) is 2.31. The molecule has 1 saturated carbocycles. The minimum Gasteiger partial charge on any atom is -0.508 e. The summed E-state index contributed by atoms with van der Waals surface area (Å²) in [6.07, 6.45) is 5.88. The van der Waals surface area contributed by atoms with Gasteiger partial charge in [-0.3, -0.25) is 4.79 Å². The minimum absolute atomic E-state index is 0.0353. The molecule has 0 aliphatic heterocycles. The molecular formula is C13H17NO2. The van der Waals surface area contributed by atoms with E-state index < -0.39 is 0 Å². The van der Waals surface area contributed by atoms with Gasteiger partial charge in [0.15, 0.2) is 0 Å². The van der Waals surface area contributed by atoms with Gasteiger partial charge in [0, 0.05) is 11.6 Å². The van der Waals surface area contributed by atoms with Crippen LogP contribution in [-0.2, 0) is 0 Å². The van der Waals surface area contributed by atoms with E-state index in [0.717, 1.165) is 12.8 Å². The van der Waals surface area contributed by atoms with Crippen molar-refractivity contribution >= 4 is 5.91 Å². The number of phenolic OH excluding ortho intramolecular Hbond substituents is 1. The zero-order chi connectivity index (χ0) is 11.4. The Kier molecular flexibility index (Phi) is 3.44. The summed E-state index contributed by atoms with van der Waals surface area (Å²) in [4.78, 5) is 11.8. The summed E-state index contributed by atoms with van der Waals surface area (Å²) in [7, 11) is 0. The molecule has 0 saturated heterocycles. The molecule has 1 aromatic rings. The van der Waals surface area contributed by atoms with Gasteiger partial charge >= 0.3 is 0 Å². The number of hydrogen-bond acceptors (Lipinski definition) is 2. The number of amides is 1. The van der Waals surface area contributed by atoms with Crippen LogP contribution in [0.25, 0.3) is 0 Å². The van der Waals surface area contributed by atoms with Gasteiger partial charge in [-0.1, -0.05) is 19.3 Å². The molecule has 1 fully saturated rings. The molecule has 1 aliphatic carbocycles. The molecule has 2 N–H and O–H groups in total. The normalized spacial score (nSPS) is 17.0. The van der Waals surface area contributed by atoms with Crippen LogP contribution in [0, 0.1) is 0 Å². The zero-order valence-electron chi connectivity index (χ0n) is 9.28. The van der Waals surface area contributed by atoms with E-state index in [2.05, 4.69) is 5.32 Å². The first-order valence-corrected chi connectivity index (χ1v) is 5.85. The largest absolute Gasteiger partial charge is 0.508 e. The first kappa shape index (κ1) is 11.0. The highest BCUT2D eigenvalue weighted by atomic mass is 16.3. The first-order valence-electron chi connectivity index (χ1n) is 5.85. The second-order valence-corrected chi connectivity index (χ2v) is 4.36. The number of aromatic hydroxyl groups is 1. The molecule has 16 heavy (non-hydrogen) atoms. The quantitative estimate of drug-likeness (QED) is 0.802. The summed E-state index contributed by atoms with van der Waals surface area (Å²) >= 11 is 0. The summed E-state index contributed by atoms with van der Waals surface area (Å²) in [5.41, 5.74) is 0.614. The predicted molar refractivity (Wildman–Crippen MR) is 62.4 cm³/mol. The smallest absolute Gasteiger partial charge is 0.251 e. The van der Waals surface area contributed by atoms with E-state index in [0.29, 0.717) is 11.6 Å². The van der Waals surface area contributed by atoms with Gasteiger partial charge in [0.1, 0.15) is 5.75 Å². The van der Waals surface area contributed by atoms with Crippen LogP contribution in [-0.4, -0.2) is 17.1 Å². The topological polar surface area (TPSA) is 49.3 Å². The highest BCUT2D eigenvalue weighted by Gasteiger charge is 2.16. The lowest BCUT2D eigenvalue weighted by molar-refractivity contribution is 0.0927. The van der Waals surface area contributed by atoms with E-state index in [-0.39, 0.29) is 11.7 Å². The summed E-state index contributed by atoms with van der Waals surface area (Å²) < 4.78 is 0. The second-order valence-electron chi connectivity index (χ2n) is 4.36. The lowest BCUT2D eigenvalue weighted by Crippen LogP contribution is -2.36. The Balaban J connectivity index is 1.94. The van der Waals surface area contributed by atoms with E-state index >= 15 is 0 Å². The monoisotopic (exact) mass is 219 g/mol. The lowest BCUT2D eigenvalue weighted by atomic mass is 9.95. The lowest BCUT2D eigenvalue weighted by Gasteiger charge is -2.22. The number of hydrogen-bond donors (Lipinski definition) is 2. The molecule has 0 aromatic heterocycles. The van der Waals surface area contributed by atoms with Gasteiger partial charge in [0.05, 0.1) is 0 Å². The number of rotatable bonds is 2. The second kappa shape index (κ2) is 5.01. The molecule has 0 spiro atoms. The van der Waals surface area contributed by atoms with Crippen LogP contribution in [0.5, 0.6) is 5.75 Å². The van der Waals surface area contributed by atoms with Crippen LogP contribution < -0.4 is 5.32 Å². The number of benzene rings is 1. The van der Waals surface area contributed by atoms with Gasteiger partial charge < -0.3 is 10.4 Å². The zero-order valence-corrected chi connectivity index (χ0v) is 9.28. The SMILES string of the molecule is O=C(NC1CCCCC1)c1ccc(O)cc1. The van der Waals surface area contributed by atoms with Gasteiger partial charge in [0.2, 0.25) is 0 Å². The van der Waals surface area contributed by atoms with Gasteiger partial charge in [-0.15, -0.1) is 0 Å². The molecule has 0 atom stereocenters. The highest BCUT2D eigenvalue weighted by Crippen LogP contribution is 2.18. The van der Waals surface area contributed by atoms with Gasteiger partial charge in [-0.2, -0.15) is 0 Å². The van der Waals surface area contributed by atoms with Crippen molar-refractivity contribution in [3.8, 4) is 5.75 Å². The van der Waals surface area contributed by atoms with Crippen molar-refractivity contribution in [1.82, 2.24) is 5.32 Å². The maximum atomic E-state index is 11.8. The average molecular weight is 219 g/mol. The van der Waals surface area contributed by atoms with Crippen molar-refractivity contribution in [3.63, 3.8) is 0 Å². The minimum atomic E-state index is -0.0353. The predicted octanol–water partition coefficient (Wildman–Crippen LogP) is 2.45. The van der Waals surface area contributed by atoms with E-state index in [4.69, 9.17) is 5.11 Å². The Morgan fingerprint density at radius 3 is 2.38 bits per heavy atom. The Morgan fingerprint density at radius 1 is 1.12 bits per heavy atom. The third-order valence-electron chi connectivity index (χ3n) is 3.07. The summed E-state index contributed by atoms with van der Waals surface area (Å²) in [5, 5.41) is 12.2. The number of nitrogens with one attached hydrogen (secondary N) is 1. The van der Waals surface area contributed by atoms with E-state index in [1.807, 2.05) is 0 Å². The van der Waals surface area contributed by atoms with Crippen LogP contribution in [0.3, 0.4) is 0 Å². The molecule has 0 unspecified atom stereocenters. The van der Waals surface area contributed by atoms with Crippen LogP contribution in [0.1, 0.15) is 42.5 Å². The van der Waals surface area contributed by atoms with Crippen LogP contribution in [0.4, 0.5) is 0 Å². The highest BCUT2D eigenvalue weighted by molar-refractivity contribution is 5.94. The maximum Gasteiger partial charge on any atom is 0.251 e. The molecule has 1 aliphatic rings. The van der Waals surface area contributed by atoms with Crippen molar-refractivity contribution in [2.75, 3.05) is 0 Å². The molecule has 1 aromatic carbocycles. The maximum absolute atomic E-state index is 11.8. The fourth-order valence-corrected chi connectivity index (χ4v) is 2.13. The van der Waals surface area contributed by atoms with Crippen molar-refractivity contribution in [2.24, 2.45) is 0 Å². The van der Waals surface area contributed by atoms with Crippen molar-refractivity contribution in [1.29, 1.82) is 0 Å². The fourth-order valence-electron chi connectivity index (χ4n) is 2.13. The Morgan fingerprint density at radius 2 is 1.75 bits per heavy atom. The van der Waals surface area contributed by atoms with E-state index in [1.54, 1.807) is 12.1 Å². The Labute approximate surface area is 95.5 Å². The number of carbonyl (C=O) groups is 1.